The van der Waals surface area contributed by atoms with E-state index in [-0.39, 0.29) is 18.1 Å². The zero-order valence-corrected chi connectivity index (χ0v) is 17.1. The number of thiol groups is 1. The number of fused-ring (bicyclic) bond motifs is 2. The van der Waals surface area contributed by atoms with Gasteiger partial charge in [0.25, 0.3) is 0 Å². The van der Waals surface area contributed by atoms with Crippen molar-refractivity contribution in [3.63, 3.8) is 0 Å². The Kier molecular flexibility index (Phi) is 5.77. The van der Waals surface area contributed by atoms with Gasteiger partial charge in [0.2, 0.25) is 5.91 Å². The summed E-state index contributed by atoms with van der Waals surface area (Å²) < 4.78 is 0. The van der Waals surface area contributed by atoms with Gasteiger partial charge in [-0.15, -0.1) is 0 Å². The highest BCUT2D eigenvalue weighted by molar-refractivity contribution is 7.80. The number of H-pyrrole nitrogens is 1. The highest BCUT2D eigenvalue weighted by Gasteiger charge is 2.27. The molecule has 0 aliphatic rings. The molecule has 0 saturated carbocycles. The van der Waals surface area contributed by atoms with Gasteiger partial charge in [-0.05, 0) is 28.0 Å². The van der Waals surface area contributed by atoms with Gasteiger partial charge in [-0.3, -0.25) is 4.79 Å². The van der Waals surface area contributed by atoms with Gasteiger partial charge in [-0.2, -0.15) is 12.6 Å². The molecule has 2 atom stereocenters. The van der Waals surface area contributed by atoms with Crippen molar-refractivity contribution in [2.75, 3.05) is 5.75 Å². The smallest absolute Gasteiger partial charge is 0.326 e. The molecule has 4 aromatic rings. The number of aliphatic carboxylic acids is 1. The van der Waals surface area contributed by atoms with Gasteiger partial charge in [0.05, 0.1) is 5.92 Å². The molecular weight excluding hydrogens is 396 g/mol. The van der Waals surface area contributed by atoms with Crippen LogP contribution in [0.15, 0.2) is 72.9 Å². The van der Waals surface area contributed by atoms with E-state index in [1.165, 1.54) is 0 Å². The van der Waals surface area contributed by atoms with E-state index in [1.54, 1.807) is 6.20 Å². The van der Waals surface area contributed by atoms with Crippen molar-refractivity contribution in [3.05, 3.63) is 84.1 Å². The number of carbonyl (C=O) groups excluding carboxylic acids is 1. The van der Waals surface area contributed by atoms with E-state index in [0.717, 1.165) is 32.8 Å². The maximum atomic E-state index is 13.1. The van der Waals surface area contributed by atoms with Crippen LogP contribution < -0.4 is 5.32 Å². The van der Waals surface area contributed by atoms with Crippen molar-refractivity contribution in [2.45, 2.75) is 18.4 Å². The quantitative estimate of drug-likeness (QED) is 0.340. The van der Waals surface area contributed by atoms with Crippen molar-refractivity contribution >= 4 is 46.2 Å². The molecule has 0 fully saturated rings. The number of nitrogens with one attached hydrogen (secondary N) is 2. The Morgan fingerprint density at radius 1 is 0.967 bits per heavy atom. The van der Waals surface area contributed by atoms with E-state index in [4.69, 9.17) is 0 Å². The van der Waals surface area contributed by atoms with E-state index in [9.17, 15) is 14.7 Å². The number of hydrogen-bond donors (Lipinski definition) is 4. The zero-order valence-electron chi connectivity index (χ0n) is 16.2. The Balaban J connectivity index is 1.59. The summed E-state index contributed by atoms with van der Waals surface area (Å²) in [6, 6.07) is 20.3. The third kappa shape index (κ3) is 3.91. The van der Waals surface area contributed by atoms with Crippen molar-refractivity contribution in [1.29, 1.82) is 0 Å². The first-order valence-electron chi connectivity index (χ1n) is 9.75. The Labute approximate surface area is 179 Å². The predicted molar refractivity (Wildman–Crippen MR) is 122 cm³/mol. The molecule has 30 heavy (non-hydrogen) atoms. The highest BCUT2D eigenvalue weighted by Crippen LogP contribution is 2.27. The third-order valence-corrected chi connectivity index (χ3v) is 5.78. The summed E-state index contributed by atoms with van der Waals surface area (Å²) in [7, 11) is 0. The second-order valence-electron chi connectivity index (χ2n) is 7.27. The van der Waals surface area contributed by atoms with Crippen LogP contribution in [-0.4, -0.2) is 33.8 Å². The number of carboxylic acid groups (broad SMARTS) is 1. The highest BCUT2D eigenvalue weighted by atomic mass is 32.1. The summed E-state index contributed by atoms with van der Waals surface area (Å²) in [5, 5.41) is 15.4. The maximum Gasteiger partial charge on any atom is 0.326 e. The number of aromatic nitrogens is 1. The monoisotopic (exact) mass is 418 g/mol. The molecule has 1 amide bonds. The van der Waals surface area contributed by atoms with E-state index >= 15 is 0 Å². The molecule has 3 N–H and O–H groups in total. The average molecular weight is 419 g/mol. The molecule has 0 aliphatic carbocycles. The summed E-state index contributed by atoms with van der Waals surface area (Å²) in [6.45, 7) is 0. The van der Waals surface area contributed by atoms with Crippen LogP contribution in [0.3, 0.4) is 0 Å². The van der Waals surface area contributed by atoms with E-state index in [1.807, 2.05) is 66.7 Å². The third-order valence-electron chi connectivity index (χ3n) is 5.41. The van der Waals surface area contributed by atoms with Crippen molar-refractivity contribution in [1.82, 2.24) is 10.3 Å². The summed E-state index contributed by atoms with van der Waals surface area (Å²) in [4.78, 5) is 28.2. The van der Waals surface area contributed by atoms with Crippen molar-refractivity contribution in [2.24, 2.45) is 0 Å². The summed E-state index contributed by atoms with van der Waals surface area (Å²) in [6.07, 6.45) is 1.99. The Morgan fingerprint density at radius 3 is 2.43 bits per heavy atom. The molecule has 1 aromatic heterocycles. The number of carbonyl (C=O) groups is 2. The molecule has 1 heterocycles. The molecule has 0 unspecified atom stereocenters. The molecule has 0 aliphatic heterocycles. The lowest BCUT2D eigenvalue weighted by Crippen LogP contribution is -2.44. The normalized spacial score (nSPS) is 13.2. The first-order chi connectivity index (χ1) is 14.6. The van der Waals surface area contributed by atoms with Gasteiger partial charge < -0.3 is 15.4 Å². The topological polar surface area (TPSA) is 82.2 Å². The minimum atomic E-state index is -1.07. The van der Waals surface area contributed by atoms with E-state index < -0.39 is 17.9 Å². The zero-order chi connectivity index (χ0) is 21.1. The van der Waals surface area contributed by atoms with E-state index in [0.29, 0.717) is 0 Å². The molecule has 0 spiro atoms. The predicted octanol–water partition coefficient (Wildman–Crippen LogP) is 4.15. The maximum absolute atomic E-state index is 13.1. The average Bonchev–Trinajstić information content (AvgIpc) is 3.17. The number of hydrogen-bond acceptors (Lipinski definition) is 3. The number of aromatic amines is 1. The van der Waals surface area contributed by atoms with Crippen LogP contribution in [0.25, 0.3) is 21.7 Å². The summed E-state index contributed by atoms with van der Waals surface area (Å²) in [5.41, 5.74) is 2.63. The van der Waals surface area contributed by atoms with E-state index in [2.05, 4.69) is 22.9 Å². The molecule has 0 bridgehead atoms. The fourth-order valence-electron chi connectivity index (χ4n) is 3.87. The standard InChI is InChI=1S/C24H22N2O3S/c27-23(20(14-30)19-10-5-7-15-6-1-2-8-17(15)19)26-22(24(28)29)12-16-13-25-21-11-4-3-9-18(16)21/h1-11,13,20,22,25,30H,12,14H2,(H,26,27)(H,28,29)/t20-,22-/m0/s1. The SMILES string of the molecule is O=C(O)[C@H](Cc1c[nH]c2ccccc12)NC(=O)[C@@H](CS)c1cccc2ccccc12. The van der Waals surface area contributed by atoms with Crippen LogP contribution in [0, 0.1) is 0 Å². The lowest BCUT2D eigenvalue weighted by molar-refractivity contribution is -0.141. The second kappa shape index (κ2) is 8.63. The molecule has 3 aromatic carbocycles. The number of benzene rings is 3. The number of para-hydroxylation sites is 1. The van der Waals surface area contributed by atoms with Crippen LogP contribution in [0.1, 0.15) is 17.0 Å². The lowest BCUT2D eigenvalue weighted by Gasteiger charge is -2.20. The molecular formula is C24H22N2O3S. The minimum absolute atomic E-state index is 0.194. The lowest BCUT2D eigenvalue weighted by atomic mass is 9.93. The molecule has 6 heteroatoms. The minimum Gasteiger partial charge on any atom is -0.480 e. The molecule has 0 saturated heterocycles. The van der Waals surface area contributed by atoms with Gasteiger partial charge in [0.1, 0.15) is 6.04 Å². The van der Waals surface area contributed by atoms with Gasteiger partial charge in [0.15, 0.2) is 0 Å². The summed E-state index contributed by atoms with van der Waals surface area (Å²) >= 11 is 4.39. The largest absolute Gasteiger partial charge is 0.480 e. The number of carboxylic acids is 1. The first-order valence-corrected chi connectivity index (χ1v) is 10.4. The van der Waals surface area contributed by atoms with Crippen LogP contribution in [-0.2, 0) is 16.0 Å². The van der Waals surface area contributed by atoms with Crippen LogP contribution >= 0.6 is 12.6 Å². The second-order valence-corrected chi connectivity index (χ2v) is 7.63. The van der Waals surface area contributed by atoms with Crippen LogP contribution in [0.4, 0.5) is 0 Å². The van der Waals surface area contributed by atoms with Crippen LogP contribution in [0.2, 0.25) is 0 Å². The molecule has 152 valence electrons. The van der Waals surface area contributed by atoms with Gasteiger partial charge in [0, 0.05) is 29.3 Å². The fraction of sp³-hybridized carbons (Fsp3) is 0.167. The first kappa shape index (κ1) is 20.0. The van der Waals surface area contributed by atoms with Gasteiger partial charge in [-0.25, -0.2) is 4.79 Å². The fourth-order valence-corrected chi connectivity index (χ4v) is 4.23. The Morgan fingerprint density at radius 2 is 1.67 bits per heavy atom. The number of amides is 1. The van der Waals surface area contributed by atoms with Gasteiger partial charge >= 0.3 is 5.97 Å². The van der Waals surface area contributed by atoms with Crippen molar-refractivity contribution in [3.8, 4) is 0 Å². The van der Waals surface area contributed by atoms with Crippen molar-refractivity contribution < 1.29 is 14.7 Å². The Hall–Kier alpha value is -3.25. The molecule has 5 nitrogen and oxygen atoms in total. The molecule has 0 radical (unpaired) electrons. The Bertz CT molecular complexity index is 1210. The van der Waals surface area contributed by atoms with Gasteiger partial charge in [-0.1, -0.05) is 60.7 Å². The molecule has 4 rings (SSSR count). The van der Waals surface area contributed by atoms with Crippen LogP contribution in [0.5, 0.6) is 0 Å². The summed E-state index contributed by atoms with van der Waals surface area (Å²) in [5.74, 6) is -1.68. The number of rotatable bonds is 7.